The lowest BCUT2D eigenvalue weighted by molar-refractivity contribution is -0.150. The Morgan fingerprint density at radius 2 is 2.22 bits per heavy atom. The molecule has 0 bridgehead atoms. The molecule has 0 radical (unpaired) electrons. The maximum absolute atomic E-state index is 11.2. The van der Waals surface area contributed by atoms with E-state index in [0.29, 0.717) is 12.1 Å². The van der Waals surface area contributed by atoms with Gasteiger partial charge in [0.25, 0.3) is 0 Å². The van der Waals surface area contributed by atoms with Gasteiger partial charge in [0.1, 0.15) is 0 Å². The zero-order valence-electron chi connectivity index (χ0n) is 13.3. The van der Waals surface area contributed by atoms with Crippen LogP contribution in [0.25, 0.3) is 0 Å². The van der Waals surface area contributed by atoms with Gasteiger partial charge in [-0.3, -0.25) is 14.7 Å². The molecular weight excluding hydrogens is 318 g/mol. The first-order chi connectivity index (χ1) is 11.1. The Labute approximate surface area is 141 Å². The van der Waals surface area contributed by atoms with Crippen molar-refractivity contribution in [2.45, 2.75) is 32.3 Å². The summed E-state index contributed by atoms with van der Waals surface area (Å²) in [6.07, 6.45) is 6.52. The lowest BCUT2D eigenvalue weighted by atomic mass is 10.1. The quantitative estimate of drug-likeness (QED) is 0.433. The molecule has 0 spiro atoms. The zero-order chi connectivity index (χ0) is 16.5. The molecule has 7 heteroatoms. The number of esters is 1. The molecule has 126 valence electrons. The molecular formula is C16H22ClN3O3. The molecule has 23 heavy (non-hydrogen) atoms. The highest BCUT2D eigenvalue weighted by molar-refractivity contribution is 6.69. The average Bonchev–Trinajstić information content (AvgIpc) is 2.56. The van der Waals surface area contributed by atoms with Gasteiger partial charge in [-0.25, -0.2) is 0 Å². The second-order valence-corrected chi connectivity index (χ2v) is 5.87. The third-order valence-corrected chi connectivity index (χ3v) is 3.84. The number of carbonyl (C=O) groups is 1. The van der Waals surface area contributed by atoms with Gasteiger partial charge in [-0.1, -0.05) is 23.2 Å². The van der Waals surface area contributed by atoms with Crippen LogP contribution in [-0.4, -0.2) is 53.4 Å². The predicted molar refractivity (Wildman–Crippen MR) is 88.4 cm³/mol. The van der Waals surface area contributed by atoms with Crippen LogP contribution < -0.4 is 0 Å². The van der Waals surface area contributed by atoms with Gasteiger partial charge >= 0.3 is 5.97 Å². The Kier molecular flexibility index (Phi) is 7.29. The van der Waals surface area contributed by atoms with E-state index >= 15 is 0 Å². The number of oxime groups is 1. The fraction of sp³-hybridized carbons (Fsp3) is 0.562. The maximum Gasteiger partial charge on any atom is 0.303 e. The normalized spacial score (nSPS) is 17.6. The summed E-state index contributed by atoms with van der Waals surface area (Å²) in [7, 11) is 0. The van der Waals surface area contributed by atoms with Crippen LogP contribution in [0, 0.1) is 0 Å². The van der Waals surface area contributed by atoms with E-state index in [2.05, 4.69) is 15.0 Å². The predicted octanol–water partition coefficient (Wildman–Crippen LogP) is 2.42. The number of hydrogen-bond acceptors (Lipinski definition) is 6. The Morgan fingerprint density at radius 3 is 2.87 bits per heavy atom. The molecule has 2 rings (SSSR count). The summed E-state index contributed by atoms with van der Waals surface area (Å²) < 4.78 is 5.31. The molecule has 0 aromatic carbocycles. The van der Waals surface area contributed by atoms with Gasteiger partial charge in [-0.05, 0) is 38.1 Å². The molecule has 1 aliphatic heterocycles. The molecule has 0 amide bonds. The van der Waals surface area contributed by atoms with Crippen molar-refractivity contribution in [2.24, 2.45) is 5.16 Å². The summed E-state index contributed by atoms with van der Waals surface area (Å²) in [5.41, 5.74) is 0.675. The van der Waals surface area contributed by atoms with Crippen LogP contribution in [0.2, 0.25) is 0 Å². The summed E-state index contributed by atoms with van der Waals surface area (Å²) in [6, 6.07) is 3.56. The van der Waals surface area contributed by atoms with Gasteiger partial charge < -0.3 is 9.57 Å². The Hall–Kier alpha value is -1.66. The number of aromatic nitrogens is 1. The highest BCUT2D eigenvalue weighted by atomic mass is 35.5. The Balaban J connectivity index is 1.85. The fourth-order valence-corrected chi connectivity index (χ4v) is 2.66. The van der Waals surface area contributed by atoms with Crippen molar-refractivity contribution in [1.29, 1.82) is 0 Å². The number of halogens is 1. The molecule has 1 unspecified atom stereocenters. The molecule has 6 nitrogen and oxygen atoms in total. The van der Waals surface area contributed by atoms with Crippen LogP contribution in [0.15, 0.2) is 29.7 Å². The van der Waals surface area contributed by atoms with Crippen molar-refractivity contribution >= 4 is 22.7 Å². The standard InChI is InChI=1S/C16H22ClN3O3/c1-13(21)23-15(11-20-8-3-2-4-9-20)12-22-19-16(17)14-6-5-7-18-10-14/h5-7,10,15H,2-4,8-9,11-12H2,1H3/b19-16-. The first-order valence-corrected chi connectivity index (χ1v) is 8.18. The smallest absolute Gasteiger partial charge is 0.303 e. The number of pyridine rings is 1. The van der Waals surface area contributed by atoms with E-state index in [4.69, 9.17) is 21.2 Å². The van der Waals surface area contributed by atoms with Crippen molar-refractivity contribution in [1.82, 2.24) is 9.88 Å². The van der Waals surface area contributed by atoms with Gasteiger partial charge in [-0.2, -0.15) is 0 Å². The van der Waals surface area contributed by atoms with E-state index in [9.17, 15) is 4.79 Å². The van der Waals surface area contributed by atoms with E-state index in [1.54, 1.807) is 24.5 Å². The molecule has 0 saturated carbocycles. The van der Waals surface area contributed by atoms with Crippen molar-refractivity contribution in [2.75, 3.05) is 26.2 Å². The number of rotatable bonds is 7. The fourth-order valence-electron chi connectivity index (χ4n) is 2.50. The molecule has 1 aromatic heterocycles. The maximum atomic E-state index is 11.2. The first-order valence-electron chi connectivity index (χ1n) is 7.80. The lowest BCUT2D eigenvalue weighted by Crippen LogP contribution is -2.40. The van der Waals surface area contributed by atoms with E-state index in [1.807, 2.05) is 0 Å². The third-order valence-electron chi connectivity index (χ3n) is 3.55. The van der Waals surface area contributed by atoms with Crippen molar-refractivity contribution in [3.8, 4) is 0 Å². The van der Waals surface area contributed by atoms with Crippen molar-refractivity contribution < 1.29 is 14.4 Å². The van der Waals surface area contributed by atoms with E-state index < -0.39 is 0 Å². The second-order valence-electron chi connectivity index (χ2n) is 5.51. The van der Waals surface area contributed by atoms with Crippen LogP contribution in [0.3, 0.4) is 0 Å². The van der Waals surface area contributed by atoms with Gasteiger partial charge in [0, 0.05) is 31.4 Å². The topological polar surface area (TPSA) is 64.0 Å². The summed E-state index contributed by atoms with van der Waals surface area (Å²) >= 11 is 6.05. The van der Waals surface area contributed by atoms with Gasteiger partial charge in [-0.15, -0.1) is 0 Å². The highest BCUT2D eigenvalue weighted by Crippen LogP contribution is 2.11. The number of ether oxygens (including phenoxy) is 1. The molecule has 1 aromatic rings. The third kappa shape index (κ3) is 6.54. The first kappa shape index (κ1) is 17.7. The minimum absolute atomic E-state index is 0.173. The Morgan fingerprint density at radius 1 is 1.43 bits per heavy atom. The van der Waals surface area contributed by atoms with Gasteiger partial charge in [0.2, 0.25) is 0 Å². The summed E-state index contributed by atoms with van der Waals surface area (Å²) in [4.78, 5) is 22.8. The number of likely N-dealkylation sites (tertiary alicyclic amines) is 1. The molecule has 1 atom stereocenters. The van der Waals surface area contributed by atoms with Crippen LogP contribution >= 0.6 is 11.6 Å². The van der Waals surface area contributed by atoms with Crippen LogP contribution in [-0.2, 0) is 14.4 Å². The average molecular weight is 340 g/mol. The SMILES string of the molecule is CC(=O)OC(CO/N=C(\Cl)c1cccnc1)CN1CCCCC1. The molecule has 1 saturated heterocycles. The molecule has 0 aliphatic carbocycles. The van der Waals surface area contributed by atoms with E-state index in [-0.39, 0.29) is 23.9 Å². The van der Waals surface area contributed by atoms with Crippen LogP contribution in [0.4, 0.5) is 0 Å². The van der Waals surface area contributed by atoms with Crippen molar-refractivity contribution in [3.05, 3.63) is 30.1 Å². The Bertz CT molecular complexity index is 519. The van der Waals surface area contributed by atoms with E-state index in [0.717, 1.165) is 13.1 Å². The van der Waals surface area contributed by atoms with Crippen molar-refractivity contribution in [3.63, 3.8) is 0 Å². The lowest BCUT2D eigenvalue weighted by Gasteiger charge is -2.29. The number of carbonyl (C=O) groups excluding carboxylic acids is 1. The molecule has 0 N–H and O–H groups in total. The molecule has 1 aliphatic rings. The number of piperidine rings is 1. The highest BCUT2D eigenvalue weighted by Gasteiger charge is 2.19. The summed E-state index contributed by atoms with van der Waals surface area (Å²) in [5, 5.41) is 4.09. The minimum Gasteiger partial charge on any atom is -0.457 e. The molecule has 2 heterocycles. The molecule has 1 fully saturated rings. The number of hydrogen-bond donors (Lipinski definition) is 0. The van der Waals surface area contributed by atoms with Crippen LogP contribution in [0.1, 0.15) is 31.7 Å². The summed E-state index contributed by atoms with van der Waals surface area (Å²) in [5.74, 6) is -0.321. The van der Waals surface area contributed by atoms with E-state index in [1.165, 1.54) is 26.2 Å². The van der Waals surface area contributed by atoms with Gasteiger partial charge in [0.15, 0.2) is 17.9 Å². The monoisotopic (exact) mass is 339 g/mol. The van der Waals surface area contributed by atoms with Gasteiger partial charge in [0.05, 0.1) is 0 Å². The van der Waals surface area contributed by atoms with Crippen LogP contribution in [0.5, 0.6) is 0 Å². The minimum atomic E-state index is -0.354. The number of nitrogens with zero attached hydrogens (tertiary/aromatic N) is 3. The largest absolute Gasteiger partial charge is 0.457 e. The summed E-state index contributed by atoms with van der Waals surface area (Å²) in [6.45, 7) is 4.27. The second kappa shape index (κ2) is 9.47. The zero-order valence-corrected chi connectivity index (χ0v) is 14.0.